The molecule has 0 aromatic heterocycles. The van der Waals surface area contributed by atoms with Crippen molar-refractivity contribution in [2.24, 2.45) is 11.7 Å². The van der Waals surface area contributed by atoms with E-state index < -0.39 is 11.7 Å². The van der Waals surface area contributed by atoms with Crippen LogP contribution in [0.25, 0.3) is 0 Å². The molecule has 1 aliphatic rings. The van der Waals surface area contributed by atoms with E-state index in [4.69, 9.17) is 5.73 Å². The van der Waals surface area contributed by atoms with Gasteiger partial charge in [-0.2, -0.15) is 0 Å². The lowest BCUT2D eigenvalue weighted by atomic mass is 10.1. The lowest BCUT2D eigenvalue weighted by Crippen LogP contribution is -2.20. The SMILES string of the molecule is NC(=O)c1c(F)cccc1NC(=O)C1CC1. The number of halogens is 1. The van der Waals surface area contributed by atoms with Gasteiger partial charge in [-0.15, -0.1) is 0 Å². The third-order valence-electron chi connectivity index (χ3n) is 2.47. The van der Waals surface area contributed by atoms with E-state index >= 15 is 0 Å². The molecule has 1 fully saturated rings. The molecule has 0 radical (unpaired) electrons. The first kappa shape index (κ1) is 10.6. The highest BCUT2D eigenvalue weighted by atomic mass is 19.1. The van der Waals surface area contributed by atoms with E-state index in [2.05, 4.69) is 5.32 Å². The van der Waals surface area contributed by atoms with Crippen LogP contribution < -0.4 is 11.1 Å². The molecule has 1 saturated carbocycles. The molecule has 1 aromatic carbocycles. The van der Waals surface area contributed by atoms with Crippen LogP contribution in [0, 0.1) is 11.7 Å². The van der Waals surface area contributed by atoms with Crippen molar-refractivity contribution < 1.29 is 14.0 Å². The van der Waals surface area contributed by atoms with Crippen LogP contribution in [0.3, 0.4) is 0 Å². The lowest BCUT2D eigenvalue weighted by molar-refractivity contribution is -0.117. The van der Waals surface area contributed by atoms with E-state index in [1.807, 2.05) is 0 Å². The van der Waals surface area contributed by atoms with Crippen molar-refractivity contribution in [1.82, 2.24) is 0 Å². The number of nitrogens with one attached hydrogen (secondary N) is 1. The maximum atomic E-state index is 13.3. The molecule has 3 N–H and O–H groups in total. The van der Waals surface area contributed by atoms with Gasteiger partial charge in [0.2, 0.25) is 5.91 Å². The van der Waals surface area contributed by atoms with E-state index in [1.165, 1.54) is 12.1 Å². The van der Waals surface area contributed by atoms with Gasteiger partial charge in [0.25, 0.3) is 5.91 Å². The Balaban J connectivity index is 2.28. The molecule has 1 aliphatic carbocycles. The minimum absolute atomic E-state index is 0.0102. The molecule has 0 spiro atoms. The summed E-state index contributed by atoms with van der Waals surface area (Å²) in [4.78, 5) is 22.5. The molecule has 5 heteroatoms. The van der Waals surface area contributed by atoms with Crippen LogP contribution in [-0.4, -0.2) is 11.8 Å². The zero-order chi connectivity index (χ0) is 11.7. The fourth-order valence-electron chi connectivity index (χ4n) is 1.46. The Hall–Kier alpha value is -1.91. The van der Waals surface area contributed by atoms with Crippen LogP contribution in [0.15, 0.2) is 18.2 Å². The molecule has 2 amide bonds. The van der Waals surface area contributed by atoms with Crippen LogP contribution >= 0.6 is 0 Å². The predicted molar refractivity (Wildman–Crippen MR) is 56.3 cm³/mol. The summed E-state index contributed by atoms with van der Waals surface area (Å²) >= 11 is 0. The highest BCUT2D eigenvalue weighted by Crippen LogP contribution is 2.30. The number of rotatable bonds is 3. The van der Waals surface area contributed by atoms with Crippen LogP contribution in [0.2, 0.25) is 0 Å². The Morgan fingerprint density at radius 3 is 2.62 bits per heavy atom. The summed E-state index contributed by atoms with van der Waals surface area (Å²) in [5, 5.41) is 2.51. The molecular formula is C11H11FN2O2. The number of amides is 2. The average molecular weight is 222 g/mol. The summed E-state index contributed by atoms with van der Waals surface area (Å²) in [7, 11) is 0. The van der Waals surface area contributed by atoms with Crippen LogP contribution in [0.1, 0.15) is 23.2 Å². The van der Waals surface area contributed by atoms with Gasteiger partial charge >= 0.3 is 0 Å². The first-order valence-electron chi connectivity index (χ1n) is 4.99. The van der Waals surface area contributed by atoms with E-state index in [9.17, 15) is 14.0 Å². The molecule has 16 heavy (non-hydrogen) atoms. The molecule has 0 unspecified atom stereocenters. The zero-order valence-corrected chi connectivity index (χ0v) is 8.50. The molecular weight excluding hydrogens is 211 g/mol. The van der Waals surface area contributed by atoms with Gasteiger partial charge < -0.3 is 11.1 Å². The van der Waals surface area contributed by atoms with Crippen molar-refractivity contribution in [3.8, 4) is 0 Å². The predicted octanol–water partition coefficient (Wildman–Crippen LogP) is 1.27. The fourth-order valence-corrected chi connectivity index (χ4v) is 1.46. The molecule has 0 bridgehead atoms. The second-order valence-electron chi connectivity index (χ2n) is 3.79. The van der Waals surface area contributed by atoms with Crippen molar-refractivity contribution in [2.45, 2.75) is 12.8 Å². The number of carbonyl (C=O) groups is 2. The molecule has 2 rings (SSSR count). The lowest BCUT2D eigenvalue weighted by Gasteiger charge is -2.08. The quantitative estimate of drug-likeness (QED) is 0.808. The number of anilines is 1. The number of hydrogen-bond acceptors (Lipinski definition) is 2. The van der Waals surface area contributed by atoms with Gasteiger partial charge in [-0.05, 0) is 25.0 Å². The highest BCUT2D eigenvalue weighted by Gasteiger charge is 2.30. The highest BCUT2D eigenvalue weighted by molar-refractivity contribution is 6.04. The van der Waals surface area contributed by atoms with Gasteiger partial charge in [-0.25, -0.2) is 4.39 Å². The minimum atomic E-state index is -0.885. The molecule has 4 nitrogen and oxygen atoms in total. The van der Waals surface area contributed by atoms with Crippen LogP contribution in [-0.2, 0) is 4.79 Å². The van der Waals surface area contributed by atoms with Crippen LogP contribution in [0.5, 0.6) is 0 Å². The second kappa shape index (κ2) is 3.92. The third-order valence-corrected chi connectivity index (χ3v) is 2.47. The average Bonchev–Trinajstić information content (AvgIpc) is 2.99. The third kappa shape index (κ3) is 2.03. The Morgan fingerprint density at radius 1 is 1.38 bits per heavy atom. The smallest absolute Gasteiger partial charge is 0.253 e. The summed E-state index contributed by atoms with van der Waals surface area (Å²) in [5.41, 5.74) is 4.93. The number of benzene rings is 1. The maximum absolute atomic E-state index is 13.3. The minimum Gasteiger partial charge on any atom is -0.365 e. The molecule has 84 valence electrons. The van der Waals surface area contributed by atoms with Gasteiger partial charge in [0.05, 0.1) is 11.3 Å². The standard InChI is InChI=1S/C11H11FN2O2/c12-7-2-1-3-8(9(7)10(13)15)14-11(16)6-4-5-6/h1-3,6H,4-5H2,(H2,13,15)(H,14,16). The van der Waals surface area contributed by atoms with Gasteiger partial charge in [-0.3, -0.25) is 9.59 Å². The Bertz CT molecular complexity index is 455. The molecule has 0 saturated heterocycles. The summed E-state index contributed by atoms with van der Waals surface area (Å²) in [6, 6.07) is 4.01. The first-order chi connectivity index (χ1) is 7.59. The summed E-state index contributed by atoms with van der Waals surface area (Å²) in [6.07, 6.45) is 1.68. The monoisotopic (exact) mass is 222 g/mol. The summed E-state index contributed by atoms with van der Waals surface area (Å²) < 4.78 is 13.3. The topological polar surface area (TPSA) is 72.2 Å². The Kier molecular flexibility index (Phi) is 2.60. The van der Waals surface area contributed by atoms with Crippen LogP contribution in [0.4, 0.5) is 10.1 Å². The van der Waals surface area contributed by atoms with E-state index in [1.54, 1.807) is 0 Å². The van der Waals surface area contributed by atoms with Crippen molar-refractivity contribution in [1.29, 1.82) is 0 Å². The van der Waals surface area contributed by atoms with Gasteiger partial charge in [0, 0.05) is 5.92 Å². The molecule has 1 aromatic rings. The zero-order valence-electron chi connectivity index (χ0n) is 8.50. The fraction of sp³-hybridized carbons (Fsp3) is 0.273. The summed E-state index contributed by atoms with van der Waals surface area (Å²) in [5.74, 6) is -1.80. The number of carbonyl (C=O) groups excluding carboxylic acids is 2. The molecule has 0 aliphatic heterocycles. The Morgan fingerprint density at radius 2 is 2.06 bits per heavy atom. The largest absolute Gasteiger partial charge is 0.365 e. The van der Waals surface area contributed by atoms with Crippen molar-refractivity contribution in [3.05, 3.63) is 29.6 Å². The Labute approximate surface area is 91.6 Å². The van der Waals surface area contributed by atoms with E-state index in [0.717, 1.165) is 18.9 Å². The van der Waals surface area contributed by atoms with Crippen molar-refractivity contribution >= 4 is 17.5 Å². The van der Waals surface area contributed by atoms with Gasteiger partial charge in [-0.1, -0.05) is 6.07 Å². The number of nitrogens with two attached hydrogens (primary N) is 1. The first-order valence-corrected chi connectivity index (χ1v) is 4.99. The van der Waals surface area contributed by atoms with Crippen molar-refractivity contribution in [2.75, 3.05) is 5.32 Å². The van der Waals surface area contributed by atoms with Crippen molar-refractivity contribution in [3.63, 3.8) is 0 Å². The maximum Gasteiger partial charge on any atom is 0.253 e. The number of primary amides is 1. The summed E-state index contributed by atoms with van der Waals surface area (Å²) in [6.45, 7) is 0. The van der Waals surface area contributed by atoms with E-state index in [-0.39, 0.29) is 23.1 Å². The van der Waals surface area contributed by atoms with Gasteiger partial charge in [0.1, 0.15) is 5.82 Å². The second-order valence-corrected chi connectivity index (χ2v) is 3.79. The van der Waals surface area contributed by atoms with E-state index in [0.29, 0.717) is 0 Å². The normalized spacial score (nSPS) is 14.6. The van der Waals surface area contributed by atoms with Gasteiger partial charge in [0.15, 0.2) is 0 Å². The molecule has 0 atom stereocenters. The number of hydrogen-bond donors (Lipinski definition) is 2. The molecule has 0 heterocycles.